The number of oxazole rings is 1. The van der Waals surface area contributed by atoms with Crippen molar-refractivity contribution in [2.75, 3.05) is 0 Å². The van der Waals surface area contributed by atoms with Crippen molar-refractivity contribution in [2.24, 2.45) is 0 Å². The summed E-state index contributed by atoms with van der Waals surface area (Å²) in [6.45, 7) is 4.22. The average molecular weight is 441 g/mol. The number of aromatic nitrogens is 3. The second-order valence-corrected chi connectivity index (χ2v) is 7.80. The summed E-state index contributed by atoms with van der Waals surface area (Å²) in [4.78, 5) is 26.7. The average Bonchev–Trinajstić information content (AvgIpc) is 3.34. The van der Waals surface area contributed by atoms with Crippen molar-refractivity contribution in [3.8, 4) is 11.5 Å². The number of rotatable bonds is 7. The fourth-order valence-electron chi connectivity index (χ4n) is 3.31. The highest BCUT2D eigenvalue weighted by Crippen LogP contribution is 2.21. The Bertz CT molecular complexity index is 1260. The first kappa shape index (κ1) is 20.9. The SMILES string of the molecule is CC(C)N(Cc1nnc(-c2ccc(Cl)cc2)o1)C(=O)CCn1c(=O)oc2ccccc21. The number of benzene rings is 2. The van der Waals surface area contributed by atoms with Gasteiger partial charge in [0, 0.05) is 29.6 Å². The standard InChI is InChI=1S/C22H21ClN4O4/c1-14(2)27(13-19-24-25-21(31-19)15-7-9-16(23)10-8-15)20(28)11-12-26-17-5-3-4-6-18(17)30-22(26)29/h3-10,14H,11-13H2,1-2H3. The molecule has 0 bridgehead atoms. The molecule has 4 rings (SSSR count). The van der Waals surface area contributed by atoms with Gasteiger partial charge in [-0.05, 0) is 50.2 Å². The minimum Gasteiger partial charge on any atom is -0.419 e. The van der Waals surface area contributed by atoms with E-state index in [1.54, 1.807) is 47.4 Å². The van der Waals surface area contributed by atoms with Gasteiger partial charge < -0.3 is 13.7 Å². The summed E-state index contributed by atoms with van der Waals surface area (Å²) in [6, 6.07) is 14.1. The van der Waals surface area contributed by atoms with Crippen LogP contribution in [0.4, 0.5) is 0 Å². The Morgan fingerprint density at radius 1 is 1.10 bits per heavy atom. The van der Waals surface area contributed by atoms with Gasteiger partial charge in [-0.2, -0.15) is 0 Å². The van der Waals surface area contributed by atoms with Crippen LogP contribution in [-0.2, 0) is 17.9 Å². The lowest BCUT2D eigenvalue weighted by Gasteiger charge is -2.25. The number of nitrogens with zero attached hydrogens (tertiary/aromatic N) is 4. The van der Waals surface area contributed by atoms with Gasteiger partial charge in [0.15, 0.2) is 5.58 Å². The van der Waals surface area contributed by atoms with Gasteiger partial charge in [0.25, 0.3) is 0 Å². The number of carbonyl (C=O) groups excluding carboxylic acids is 1. The van der Waals surface area contributed by atoms with E-state index in [2.05, 4.69) is 10.2 Å². The number of carbonyl (C=O) groups is 1. The van der Waals surface area contributed by atoms with Crippen LogP contribution in [0.5, 0.6) is 0 Å². The molecule has 2 heterocycles. The molecule has 2 aromatic carbocycles. The molecule has 0 spiro atoms. The van der Waals surface area contributed by atoms with Crippen LogP contribution in [0.15, 0.2) is 62.2 Å². The molecule has 4 aromatic rings. The Hall–Kier alpha value is -3.39. The van der Waals surface area contributed by atoms with Crippen molar-refractivity contribution in [1.82, 2.24) is 19.7 Å². The topological polar surface area (TPSA) is 94.4 Å². The Morgan fingerprint density at radius 2 is 1.84 bits per heavy atom. The maximum Gasteiger partial charge on any atom is 0.419 e. The first-order valence-corrected chi connectivity index (χ1v) is 10.3. The highest BCUT2D eigenvalue weighted by Gasteiger charge is 2.21. The number of halogens is 1. The van der Waals surface area contributed by atoms with Gasteiger partial charge in [0.2, 0.25) is 17.7 Å². The molecule has 0 radical (unpaired) electrons. The van der Waals surface area contributed by atoms with Crippen LogP contribution in [0.25, 0.3) is 22.6 Å². The highest BCUT2D eigenvalue weighted by atomic mass is 35.5. The van der Waals surface area contributed by atoms with Gasteiger partial charge in [-0.15, -0.1) is 10.2 Å². The van der Waals surface area contributed by atoms with Gasteiger partial charge in [0.05, 0.1) is 12.1 Å². The van der Waals surface area contributed by atoms with Crippen LogP contribution in [0.1, 0.15) is 26.2 Å². The van der Waals surface area contributed by atoms with Crippen LogP contribution >= 0.6 is 11.6 Å². The number of hydrogen-bond acceptors (Lipinski definition) is 6. The number of hydrogen-bond donors (Lipinski definition) is 0. The molecule has 0 aliphatic rings. The predicted molar refractivity (Wildman–Crippen MR) is 116 cm³/mol. The largest absolute Gasteiger partial charge is 0.419 e. The Labute approximate surface area is 183 Å². The molecule has 31 heavy (non-hydrogen) atoms. The maximum absolute atomic E-state index is 12.9. The van der Waals surface area contributed by atoms with E-state index in [1.165, 1.54) is 4.57 Å². The molecule has 0 aliphatic carbocycles. The Kier molecular flexibility index (Phi) is 5.90. The zero-order chi connectivity index (χ0) is 22.0. The summed E-state index contributed by atoms with van der Waals surface area (Å²) in [6.07, 6.45) is 0.139. The lowest BCUT2D eigenvalue weighted by atomic mass is 10.2. The number of para-hydroxylation sites is 2. The molecule has 0 saturated heterocycles. The minimum absolute atomic E-state index is 0.0869. The molecule has 0 unspecified atom stereocenters. The molecular formula is C22H21ClN4O4. The summed E-state index contributed by atoms with van der Waals surface area (Å²) in [5.41, 5.74) is 1.92. The number of fused-ring (bicyclic) bond motifs is 1. The number of aryl methyl sites for hydroxylation is 1. The maximum atomic E-state index is 12.9. The molecular weight excluding hydrogens is 420 g/mol. The van der Waals surface area contributed by atoms with Crippen molar-refractivity contribution in [1.29, 1.82) is 0 Å². The van der Waals surface area contributed by atoms with Gasteiger partial charge in [-0.25, -0.2) is 4.79 Å². The lowest BCUT2D eigenvalue weighted by molar-refractivity contribution is -0.134. The third-order valence-electron chi connectivity index (χ3n) is 4.93. The van der Waals surface area contributed by atoms with Crippen LogP contribution < -0.4 is 5.76 Å². The summed E-state index contributed by atoms with van der Waals surface area (Å²) in [5, 5.41) is 8.75. The molecule has 0 saturated carbocycles. The monoisotopic (exact) mass is 440 g/mol. The first-order chi connectivity index (χ1) is 14.9. The van der Waals surface area contributed by atoms with E-state index in [0.29, 0.717) is 27.9 Å². The van der Waals surface area contributed by atoms with Gasteiger partial charge >= 0.3 is 5.76 Å². The normalized spacial score (nSPS) is 11.4. The Balaban J connectivity index is 1.46. The molecule has 9 heteroatoms. The van der Waals surface area contributed by atoms with Crippen molar-refractivity contribution >= 4 is 28.6 Å². The molecule has 160 valence electrons. The zero-order valence-corrected chi connectivity index (χ0v) is 17.9. The summed E-state index contributed by atoms with van der Waals surface area (Å²) in [7, 11) is 0. The third kappa shape index (κ3) is 4.54. The highest BCUT2D eigenvalue weighted by molar-refractivity contribution is 6.30. The molecule has 0 fully saturated rings. The summed E-state index contributed by atoms with van der Waals surface area (Å²) in [5.74, 6) is 0.0881. The predicted octanol–water partition coefficient (Wildman–Crippen LogP) is 4.13. The number of amides is 1. The van der Waals surface area contributed by atoms with E-state index in [4.69, 9.17) is 20.4 Å². The van der Waals surface area contributed by atoms with E-state index in [1.807, 2.05) is 19.9 Å². The minimum atomic E-state index is -0.477. The van der Waals surface area contributed by atoms with Crippen molar-refractivity contribution < 1.29 is 13.6 Å². The van der Waals surface area contributed by atoms with Crippen molar-refractivity contribution in [3.05, 3.63) is 70.0 Å². The molecule has 1 amide bonds. The van der Waals surface area contributed by atoms with Gasteiger partial charge in [-0.3, -0.25) is 9.36 Å². The Morgan fingerprint density at radius 3 is 2.58 bits per heavy atom. The molecule has 2 aromatic heterocycles. The van der Waals surface area contributed by atoms with E-state index in [-0.39, 0.29) is 31.5 Å². The molecule has 0 N–H and O–H groups in total. The van der Waals surface area contributed by atoms with Gasteiger partial charge in [0.1, 0.15) is 0 Å². The van der Waals surface area contributed by atoms with Crippen LogP contribution in [-0.4, -0.2) is 31.6 Å². The van der Waals surface area contributed by atoms with E-state index < -0.39 is 5.76 Å². The van der Waals surface area contributed by atoms with E-state index in [0.717, 1.165) is 5.56 Å². The van der Waals surface area contributed by atoms with Crippen LogP contribution in [0.2, 0.25) is 5.02 Å². The lowest BCUT2D eigenvalue weighted by Crippen LogP contribution is -2.37. The van der Waals surface area contributed by atoms with E-state index >= 15 is 0 Å². The zero-order valence-electron chi connectivity index (χ0n) is 17.1. The fraction of sp³-hybridized carbons (Fsp3) is 0.273. The first-order valence-electron chi connectivity index (χ1n) is 9.88. The summed E-state index contributed by atoms with van der Waals surface area (Å²) < 4.78 is 12.4. The molecule has 0 atom stereocenters. The quantitative estimate of drug-likeness (QED) is 0.429. The van der Waals surface area contributed by atoms with Crippen LogP contribution in [0.3, 0.4) is 0 Å². The van der Waals surface area contributed by atoms with Gasteiger partial charge in [-0.1, -0.05) is 23.7 Å². The second kappa shape index (κ2) is 8.77. The third-order valence-corrected chi connectivity index (χ3v) is 5.18. The second-order valence-electron chi connectivity index (χ2n) is 7.36. The molecule has 0 aliphatic heterocycles. The van der Waals surface area contributed by atoms with Crippen molar-refractivity contribution in [3.63, 3.8) is 0 Å². The smallest absolute Gasteiger partial charge is 0.419 e. The van der Waals surface area contributed by atoms with E-state index in [9.17, 15) is 9.59 Å². The fourth-order valence-corrected chi connectivity index (χ4v) is 3.43. The molecule has 8 nitrogen and oxygen atoms in total. The van der Waals surface area contributed by atoms with Crippen molar-refractivity contribution in [2.45, 2.75) is 39.4 Å². The van der Waals surface area contributed by atoms with Crippen LogP contribution in [0, 0.1) is 0 Å². The summed E-state index contributed by atoms with van der Waals surface area (Å²) >= 11 is 5.91.